The highest BCUT2D eigenvalue weighted by Gasteiger charge is 2.31. The summed E-state index contributed by atoms with van der Waals surface area (Å²) >= 11 is 0. The van der Waals surface area contributed by atoms with Gasteiger partial charge in [-0.15, -0.1) is 0 Å². The molecule has 0 unspecified atom stereocenters. The van der Waals surface area contributed by atoms with Gasteiger partial charge in [0, 0.05) is 18.8 Å². The topological polar surface area (TPSA) is 55.3 Å². The van der Waals surface area contributed by atoms with Gasteiger partial charge < -0.3 is 15.1 Å². The predicted octanol–water partition coefficient (Wildman–Crippen LogP) is 3.04. The Morgan fingerprint density at radius 2 is 1.84 bits per heavy atom. The van der Waals surface area contributed by atoms with Gasteiger partial charge in [-0.05, 0) is 55.7 Å². The van der Waals surface area contributed by atoms with Gasteiger partial charge in [-0.2, -0.15) is 4.98 Å². The number of anilines is 2. The molecule has 0 bridgehead atoms. The minimum Gasteiger partial charge on any atom is -0.423 e. The lowest BCUT2D eigenvalue weighted by molar-refractivity contribution is 0.545. The third-order valence-electron chi connectivity index (χ3n) is 4.02. The van der Waals surface area contributed by atoms with Crippen LogP contribution in [0.25, 0.3) is 11.1 Å². The van der Waals surface area contributed by atoms with Gasteiger partial charge in [-0.25, -0.2) is 0 Å². The number of nitrogen functional groups attached to an aromatic ring is 1. The minimum atomic E-state index is 0.739. The summed E-state index contributed by atoms with van der Waals surface area (Å²) in [6.45, 7) is 2.19. The van der Waals surface area contributed by atoms with Gasteiger partial charge in [0.1, 0.15) is 5.52 Å². The van der Waals surface area contributed by atoms with Crippen molar-refractivity contribution in [2.24, 2.45) is 11.8 Å². The van der Waals surface area contributed by atoms with Crippen molar-refractivity contribution in [1.29, 1.82) is 0 Å². The van der Waals surface area contributed by atoms with Crippen LogP contribution in [0.2, 0.25) is 0 Å². The molecule has 2 saturated carbocycles. The van der Waals surface area contributed by atoms with Gasteiger partial charge in [0.15, 0.2) is 5.58 Å². The molecular formula is C15H19N3O. The van der Waals surface area contributed by atoms with E-state index in [1.54, 1.807) is 0 Å². The van der Waals surface area contributed by atoms with Gasteiger partial charge in [-0.1, -0.05) is 0 Å². The third kappa shape index (κ3) is 2.39. The highest BCUT2D eigenvalue weighted by atomic mass is 16.4. The molecule has 0 atom stereocenters. The summed E-state index contributed by atoms with van der Waals surface area (Å²) < 4.78 is 5.90. The zero-order valence-electron chi connectivity index (χ0n) is 11.0. The number of benzene rings is 1. The van der Waals surface area contributed by atoms with E-state index in [9.17, 15) is 0 Å². The van der Waals surface area contributed by atoms with E-state index in [-0.39, 0.29) is 0 Å². The zero-order chi connectivity index (χ0) is 12.8. The number of nitrogens with zero attached hydrogens (tertiary/aromatic N) is 2. The number of fused-ring (bicyclic) bond motifs is 1. The maximum Gasteiger partial charge on any atom is 0.298 e. The second-order valence-electron chi connectivity index (χ2n) is 6.02. The van der Waals surface area contributed by atoms with Crippen LogP contribution in [0.4, 0.5) is 11.7 Å². The fourth-order valence-electron chi connectivity index (χ4n) is 2.52. The van der Waals surface area contributed by atoms with Gasteiger partial charge >= 0.3 is 0 Å². The molecular weight excluding hydrogens is 238 g/mol. The normalized spacial score (nSPS) is 18.9. The number of aromatic nitrogens is 1. The predicted molar refractivity (Wildman–Crippen MR) is 76.1 cm³/mol. The Balaban J connectivity index is 1.63. The molecule has 4 nitrogen and oxygen atoms in total. The Morgan fingerprint density at radius 3 is 2.47 bits per heavy atom. The summed E-state index contributed by atoms with van der Waals surface area (Å²) in [7, 11) is 0. The Hall–Kier alpha value is -1.71. The van der Waals surface area contributed by atoms with E-state index in [1.165, 1.54) is 25.7 Å². The maximum absolute atomic E-state index is 5.90. The summed E-state index contributed by atoms with van der Waals surface area (Å²) in [5, 5.41) is 0. The first-order chi connectivity index (χ1) is 9.28. The van der Waals surface area contributed by atoms with E-state index in [1.807, 2.05) is 18.2 Å². The second-order valence-corrected chi connectivity index (χ2v) is 6.02. The van der Waals surface area contributed by atoms with Crippen molar-refractivity contribution in [3.8, 4) is 0 Å². The van der Waals surface area contributed by atoms with Crippen molar-refractivity contribution in [3.63, 3.8) is 0 Å². The first kappa shape index (κ1) is 11.1. The molecule has 0 radical (unpaired) electrons. The van der Waals surface area contributed by atoms with Crippen LogP contribution < -0.4 is 10.6 Å². The molecule has 0 amide bonds. The summed E-state index contributed by atoms with van der Waals surface area (Å²) in [6, 6.07) is 6.44. The van der Waals surface area contributed by atoms with E-state index < -0.39 is 0 Å². The van der Waals surface area contributed by atoms with Crippen LogP contribution >= 0.6 is 0 Å². The van der Waals surface area contributed by atoms with Crippen molar-refractivity contribution in [2.75, 3.05) is 23.7 Å². The van der Waals surface area contributed by atoms with E-state index in [0.29, 0.717) is 0 Å². The zero-order valence-corrected chi connectivity index (χ0v) is 11.0. The standard InChI is InChI=1S/C15H19N3O/c16-12-5-6-14-13(7-12)17-15(19-14)18(8-10-1-2-10)9-11-3-4-11/h5-7,10-11H,1-4,8-9,16H2. The third-order valence-corrected chi connectivity index (χ3v) is 4.02. The number of oxazole rings is 1. The summed E-state index contributed by atoms with van der Waals surface area (Å²) in [5.74, 6) is 1.69. The van der Waals surface area contributed by atoms with Crippen molar-refractivity contribution >= 4 is 22.8 Å². The maximum atomic E-state index is 5.90. The second kappa shape index (κ2) is 4.15. The molecule has 4 heteroatoms. The highest BCUT2D eigenvalue weighted by Crippen LogP contribution is 2.36. The van der Waals surface area contributed by atoms with Crippen molar-refractivity contribution in [2.45, 2.75) is 25.7 Å². The first-order valence-corrected chi connectivity index (χ1v) is 7.19. The van der Waals surface area contributed by atoms with Gasteiger partial charge in [0.2, 0.25) is 0 Å². The van der Waals surface area contributed by atoms with Gasteiger partial charge in [-0.3, -0.25) is 0 Å². The molecule has 0 spiro atoms. The van der Waals surface area contributed by atoms with E-state index in [0.717, 1.165) is 47.7 Å². The fourth-order valence-corrected chi connectivity index (χ4v) is 2.52. The molecule has 0 saturated heterocycles. The van der Waals surface area contributed by atoms with Crippen LogP contribution in [0.3, 0.4) is 0 Å². The van der Waals surface area contributed by atoms with Crippen LogP contribution in [-0.4, -0.2) is 18.1 Å². The smallest absolute Gasteiger partial charge is 0.298 e. The molecule has 2 aliphatic carbocycles. The molecule has 2 fully saturated rings. The quantitative estimate of drug-likeness (QED) is 0.836. The van der Waals surface area contributed by atoms with Crippen molar-refractivity contribution < 1.29 is 4.42 Å². The van der Waals surface area contributed by atoms with Crippen molar-refractivity contribution in [1.82, 2.24) is 4.98 Å². The lowest BCUT2D eigenvalue weighted by atomic mass is 10.3. The Kier molecular flexibility index (Phi) is 2.43. The van der Waals surface area contributed by atoms with E-state index in [2.05, 4.69) is 9.88 Å². The lowest BCUT2D eigenvalue weighted by Gasteiger charge is -2.19. The van der Waals surface area contributed by atoms with Crippen LogP contribution in [0.5, 0.6) is 0 Å². The molecule has 0 aliphatic heterocycles. The van der Waals surface area contributed by atoms with Crippen LogP contribution in [0.15, 0.2) is 22.6 Å². The van der Waals surface area contributed by atoms with Crippen LogP contribution in [0, 0.1) is 11.8 Å². The number of hydrogen-bond acceptors (Lipinski definition) is 4. The molecule has 2 N–H and O–H groups in total. The lowest BCUT2D eigenvalue weighted by Crippen LogP contribution is -2.28. The monoisotopic (exact) mass is 257 g/mol. The molecule has 2 aliphatic rings. The molecule has 1 aromatic heterocycles. The van der Waals surface area contributed by atoms with E-state index >= 15 is 0 Å². The average Bonchev–Trinajstić information content (AvgIpc) is 3.30. The number of nitrogens with two attached hydrogens (primary N) is 1. The largest absolute Gasteiger partial charge is 0.423 e. The molecule has 19 heavy (non-hydrogen) atoms. The Labute approximate surface area is 112 Å². The summed E-state index contributed by atoms with van der Waals surface area (Å²) in [6.07, 6.45) is 5.42. The van der Waals surface area contributed by atoms with Crippen LogP contribution in [0.1, 0.15) is 25.7 Å². The number of rotatable bonds is 5. The molecule has 100 valence electrons. The molecule has 1 aromatic carbocycles. The Bertz CT molecular complexity index is 584. The fraction of sp³-hybridized carbons (Fsp3) is 0.533. The minimum absolute atomic E-state index is 0.739. The highest BCUT2D eigenvalue weighted by molar-refractivity contribution is 5.78. The summed E-state index contributed by atoms with van der Waals surface area (Å²) in [5.41, 5.74) is 8.24. The van der Waals surface area contributed by atoms with Gasteiger partial charge in [0.05, 0.1) is 0 Å². The van der Waals surface area contributed by atoms with Gasteiger partial charge in [0.25, 0.3) is 6.01 Å². The van der Waals surface area contributed by atoms with Crippen LogP contribution in [-0.2, 0) is 0 Å². The summed E-state index contributed by atoms with van der Waals surface area (Å²) in [4.78, 5) is 6.95. The Morgan fingerprint density at radius 1 is 1.16 bits per heavy atom. The molecule has 4 rings (SSSR count). The molecule has 1 heterocycles. The molecule has 2 aromatic rings. The first-order valence-electron chi connectivity index (χ1n) is 7.19. The van der Waals surface area contributed by atoms with Crippen molar-refractivity contribution in [3.05, 3.63) is 18.2 Å². The average molecular weight is 257 g/mol. The SMILES string of the molecule is Nc1ccc2oc(N(CC3CC3)CC3CC3)nc2c1. The van der Waals surface area contributed by atoms with E-state index in [4.69, 9.17) is 10.2 Å². The number of hydrogen-bond donors (Lipinski definition) is 1.